The topological polar surface area (TPSA) is 29.3 Å². The van der Waals surface area contributed by atoms with E-state index in [1.54, 1.807) is 0 Å². The van der Waals surface area contributed by atoms with Gasteiger partial charge in [0.2, 0.25) is 0 Å². The van der Waals surface area contributed by atoms with Crippen LogP contribution in [0.3, 0.4) is 0 Å². The van der Waals surface area contributed by atoms with Gasteiger partial charge in [-0.3, -0.25) is 0 Å². The molecular weight excluding hydrogens is 210 g/mol. The molecule has 2 N–H and O–H groups in total. The molecular formula is C12H16F2N2. The Bertz CT molecular complexity index is 394. The van der Waals surface area contributed by atoms with E-state index >= 15 is 0 Å². The highest BCUT2D eigenvalue weighted by atomic mass is 19.3. The molecule has 0 heterocycles. The molecule has 0 aromatic heterocycles. The van der Waals surface area contributed by atoms with Gasteiger partial charge in [0.1, 0.15) is 0 Å². The van der Waals surface area contributed by atoms with Crippen LogP contribution in [0.5, 0.6) is 0 Å². The summed E-state index contributed by atoms with van der Waals surface area (Å²) < 4.78 is 25.9. The smallest absolute Gasteiger partial charge is 0.252 e. The van der Waals surface area contributed by atoms with Crippen molar-refractivity contribution in [2.45, 2.75) is 24.3 Å². The van der Waals surface area contributed by atoms with Gasteiger partial charge in [-0.05, 0) is 11.6 Å². The maximum Gasteiger partial charge on any atom is 0.252 e. The molecule has 0 bridgehead atoms. The van der Waals surface area contributed by atoms with Gasteiger partial charge in [0.05, 0.1) is 5.54 Å². The van der Waals surface area contributed by atoms with Crippen LogP contribution in [0.4, 0.5) is 14.5 Å². The number of nitrogens with two attached hydrogens (primary N) is 1. The Hall–Kier alpha value is -1.16. The second-order valence-electron chi connectivity index (χ2n) is 4.78. The number of rotatable bonds is 2. The number of benzene rings is 1. The summed E-state index contributed by atoms with van der Waals surface area (Å²) in [5.41, 5.74) is 6.89. The highest BCUT2D eigenvalue weighted by Gasteiger charge is 2.55. The Labute approximate surface area is 94.0 Å². The van der Waals surface area contributed by atoms with Crippen LogP contribution in [0.25, 0.3) is 0 Å². The van der Waals surface area contributed by atoms with E-state index in [1.807, 2.05) is 43.3 Å². The first-order chi connectivity index (χ1) is 7.34. The van der Waals surface area contributed by atoms with E-state index in [1.165, 1.54) is 0 Å². The van der Waals surface area contributed by atoms with Gasteiger partial charge < -0.3 is 10.6 Å². The summed E-state index contributed by atoms with van der Waals surface area (Å²) in [5, 5.41) is 0. The highest BCUT2D eigenvalue weighted by molar-refractivity contribution is 5.56. The van der Waals surface area contributed by atoms with Crippen molar-refractivity contribution in [1.29, 1.82) is 0 Å². The summed E-state index contributed by atoms with van der Waals surface area (Å²) in [6.07, 6.45) is -0.518. The molecule has 1 aromatic carbocycles. The minimum atomic E-state index is -2.60. The quantitative estimate of drug-likeness (QED) is 0.838. The first-order valence-electron chi connectivity index (χ1n) is 5.28. The number of anilines is 1. The van der Waals surface area contributed by atoms with Crippen LogP contribution in [0.15, 0.2) is 24.3 Å². The van der Waals surface area contributed by atoms with Gasteiger partial charge in [-0.15, -0.1) is 0 Å². The minimum Gasteiger partial charge on any atom is -0.377 e. The lowest BCUT2D eigenvalue weighted by molar-refractivity contribution is -0.124. The SMILES string of the molecule is CN(C)c1ccccc1C1(N)CC(F)(F)C1. The number of hydrogen-bond donors (Lipinski definition) is 1. The summed E-state index contributed by atoms with van der Waals surface area (Å²) in [5.74, 6) is -2.60. The van der Waals surface area contributed by atoms with Gasteiger partial charge in [-0.25, -0.2) is 8.78 Å². The van der Waals surface area contributed by atoms with Gasteiger partial charge in [0.15, 0.2) is 0 Å². The molecule has 1 aliphatic rings. The monoisotopic (exact) mass is 226 g/mol. The molecule has 0 saturated heterocycles. The number of hydrogen-bond acceptors (Lipinski definition) is 2. The average molecular weight is 226 g/mol. The molecule has 4 heteroatoms. The van der Waals surface area contributed by atoms with Gasteiger partial charge in [0, 0.05) is 32.6 Å². The Kier molecular flexibility index (Phi) is 2.42. The fourth-order valence-electron chi connectivity index (χ4n) is 2.35. The predicted octanol–water partition coefficient (Wildman–Crippen LogP) is 2.34. The van der Waals surface area contributed by atoms with Crippen LogP contribution in [0.1, 0.15) is 18.4 Å². The first kappa shape index (κ1) is 11.3. The molecule has 0 radical (unpaired) electrons. The molecule has 0 aliphatic heterocycles. The van der Waals surface area contributed by atoms with Crippen molar-refractivity contribution in [3.8, 4) is 0 Å². The van der Waals surface area contributed by atoms with Crippen molar-refractivity contribution in [3.05, 3.63) is 29.8 Å². The third-order valence-electron chi connectivity index (χ3n) is 3.07. The van der Waals surface area contributed by atoms with E-state index < -0.39 is 11.5 Å². The Morgan fingerprint density at radius 1 is 1.19 bits per heavy atom. The van der Waals surface area contributed by atoms with Crippen molar-refractivity contribution >= 4 is 5.69 Å². The van der Waals surface area contributed by atoms with Crippen LogP contribution in [-0.4, -0.2) is 20.0 Å². The van der Waals surface area contributed by atoms with Crippen LogP contribution >= 0.6 is 0 Å². The third kappa shape index (κ3) is 1.78. The molecule has 2 rings (SSSR count). The minimum absolute atomic E-state index is 0.259. The van der Waals surface area contributed by atoms with Crippen LogP contribution in [-0.2, 0) is 5.54 Å². The molecule has 0 spiro atoms. The van der Waals surface area contributed by atoms with E-state index in [0.717, 1.165) is 11.3 Å². The van der Waals surface area contributed by atoms with Crippen molar-refractivity contribution in [1.82, 2.24) is 0 Å². The number of nitrogens with zero attached hydrogens (tertiary/aromatic N) is 1. The molecule has 1 saturated carbocycles. The predicted molar refractivity (Wildman–Crippen MR) is 60.8 cm³/mol. The molecule has 0 amide bonds. The van der Waals surface area contributed by atoms with Crippen LogP contribution in [0.2, 0.25) is 0 Å². The van der Waals surface area contributed by atoms with Gasteiger partial charge in [-0.2, -0.15) is 0 Å². The lowest BCUT2D eigenvalue weighted by atomic mass is 9.69. The van der Waals surface area contributed by atoms with Gasteiger partial charge in [0.25, 0.3) is 5.92 Å². The second kappa shape index (κ2) is 3.42. The summed E-state index contributed by atoms with van der Waals surface area (Å²) >= 11 is 0. The molecule has 16 heavy (non-hydrogen) atoms. The maximum absolute atomic E-state index is 13.0. The second-order valence-corrected chi connectivity index (χ2v) is 4.78. The lowest BCUT2D eigenvalue weighted by Gasteiger charge is -2.46. The molecule has 88 valence electrons. The fraction of sp³-hybridized carbons (Fsp3) is 0.500. The number of halogens is 2. The number of alkyl halides is 2. The van der Waals surface area contributed by atoms with Crippen molar-refractivity contribution in [2.75, 3.05) is 19.0 Å². The summed E-state index contributed by atoms with van der Waals surface area (Å²) in [7, 11) is 3.78. The molecule has 0 atom stereocenters. The zero-order valence-electron chi connectivity index (χ0n) is 9.50. The highest BCUT2D eigenvalue weighted by Crippen LogP contribution is 2.51. The van der Waals surface area contributed by atoms with Gasteiger partial charge >= 0.3 is 0 Å². The standard InChI is InChI=1S/C12H16F2N2/c1-16(2)10-6-4-3-5-9(10)11(15)7-12(13,14)8-11/h3-6H,7-8,15H2,1-2H3. The molecule has 1 aliphatic carbocycles. The summed E-state index contributed by atoms with van der Waals surface area (Å²) in [6, 6.07) is 7.47. The maximum atomic E-state index is 13.0. The van der Waals surface area contributed by atoms with Crippen molar-refractivity contribution < 1.29 is 8.78 Å². The molecule has 0 unspecified atom stereocenters. The first-order valence-corrected chi connectivity index (χ1v) is 5.28. The fourth-order valence-corrected chi connectivity index (χ4v) is 2.35. The Morgan fingerprint density at radius 3 is 2.25 bits per heavy atom. The molecule has 1 aromatic rings. The van der Waals surface area contributed by atoms with Crippen molar-refractivity contribution in [3.63, 3.8) is 0 Å². The molecule has 2 nitrogen and oxygen atoms in total. The van der Waals surface area contributed by atoms with Crippen molar-refractivity contribution in [2.24, 2.45) is 5.73 Å². The zero-order chi connectivity index (χ0) is 12.0. The van der Waals surface area contributed by atoms with E-state index in [-0.39, 0.29) is 12.8 Å². The normalized spacial score (nSPS) is 21.3. The third-order valence-corrected chi connectivity index (χ3v) is 3.07. The zero-order valence-corrected chi connectivity index (χ0v) is 9.50. The van der Waals surface area contributed by atoms with E-state index in [2.05, 4.69) is 0 Å². The average Bonchev–Trinajstić information content (AvgIpc) is 2.14. The Balaban J connectivity index is 2.35. The number of para-hydroxylation sites is 1. The Morgan fingerprint density at radius 2 is 1.75 bits per heavy atom. The largest absolute Gasteiger partial charge is 0.377 e. The van der Waals surface area contributed by atoms with Crippen LogP contribution in [0, 0.1) is 0 Å². The lowest BCUT2D eigenvalue weighted by Crippen LogP contribution is -2.55. The van der Waals surface area contributed by atoms with E-state index in [4.69, 9.17) is 5.73 Å². The van der Waals surface area contributed by atoms with E-state index in [0.29, 0.717) is 0 Å². The summed E-state index contributed by atoms with van der Waals surface area (Å²) in [4.78, 5) is 1.90. The van der Waals surface area contributed by atoms with Crippen LogP contribution < -0.4 is 10.6 Å². The summed E-state index contributed by atoms with van der Waals surface area (Å²) in [6.45, 7) is 0. The van der Waals surface area contributed by atoms with E-state index in [9.17, 15) is 8.78 Å². The molecule has 1 fully saturated rings. The van der Waals surface area contributed by atoms with Gasteiger partial charge in [-0.1, -0.05) is 18.2 Å².